The van der Waals surface area contributed by atoms with Gasteiger partial charge in [0.15, 0.2) is 5.11 Å². The van der Waals surface area contributed by atoms with Crippen molar-refractivity contribution in [1.82, 2.24) is 14.5 Å². The van der Waals surface area contributed by atoms with Gasteiger partial charge in [0.25, 0.3) is 0 Å². The Morgan fingerprint density at radius 3 is 2.47 bits per heavy atom. The van der Waals surface area contributed by atoms with Crippen LogP contribution in [-0.4, -0.2) is 26.1 Å². The Morgan fingerprint density at radius 2 is 1.75 bits per heavy atom. The first-order chi connectivity index (χ1) is 17.5. The number of imidazole rings is 1. The lowest BCUT2D eigenvalue weighted by molar-refractivity contribution is 0.408. The molecule has 1 heterocycles. The summed E-state index contributed by atoms with van der Waals surface area (Å²) in [6.45, 7) is 2.10. The third-order valence-electron chi connectivity index (χ3n) is 5.72. The molecule has 1 aromatic heterocycles. The summed E-state index contributed by atoms with van der Waals surface area (Å²) in [4.78, 5) is 6.50. The zero-order chi connectivity index (χ0) is 25.3. The number of anilines is 1. The van der Waals surface area contributed by atoms with Gasteiger partial charge in [0.2, 0.25) is 0 Å². The molecule has 36 heavy (non-hydrogen) atoms. The maximum Gasteiger partial charge on any atom is 0.173 e. The number of nitrogens with one attached hydrogen (secondary N) is 1. The van der Waals surface area contributed by atoms with E-state index in [4.69, 9.17) is 40.7 Å². The Hall–Kier alpha value is -3.37. The highest BCUT2D eigenvalue weighted by atomic mass is 35.5. The van der Waals surface area contributed by atoms with Crippen molar-refractivity contribution in [2.75, 3.05) is 11.9 Å². The Bertz CT molecular complexity index is 1360. The van der Waals surface area contributed by atoms with Crippen LogP contribution in [0.5, 0.6) is 0 Å². The van der Waals surface area contributed by atoms with E-state index in [1.54, 1.807) is 0 Å². The second-order valence-corrected chi connectivity index (χ2v) is 9.68. The number of thiocarbonyl (C=S) groups is 1. The predicted molar refractivity (Wildman–Crippen MR) is 150 cm³/mol. The lowest BCUT2D eigenvalue weighted by atomic mass is 10.1. The molecule has 0 aliphatic carbocycles. The van der Waals surface area contributed by atoms with Crippen LogP contribution in [0.25, 0.3) is 0 Å². The molecule has 8 heteroatoms. The molecule has 0 amide bonds. The van der Waals surface area contributed by atoms with E-state index in [9.17, 15) is 0 Å². The summed E-state index contributed by atoms with van der Waals surface area (Å²) >= 11 is 18.1. The van der Waals surface area contributed by atoms with Crippen molar-refractivity contribution in [3.8, 4) is 6.07 Å². The number of rotatable bonds is 9. The maximum absolute atomic E-state index is 9.02. The highest BCUT2D eigenvalue weighted by Gasteiger charge is 2.13. The smallest absolute Gasteiger partial charge is 0.173 e. The summed E-state index contributed by atoms with van der Waals surface area (Å²) in [5.41, 5.74) is 4.87. The molecular weight excluding hydrogens is 509 g/mol. The summed E-state index contributed by atoms with van der Waals surface area (Å²) in [7, 11) is 0. The molecule has 0 radical (unpaired) electrons. The van der Waals surface area contributed by atoms with Crippen LogP contribution in [0.4, 0.5) is 5.69 Å². The first-order valence-corrected chi connectivity index (χ1v) is 12.7. The summed E-state index contributed by atoms with van der Waals surface area (Å²) in [6.07, 6.45) is 5.50. The third kappa shape index (κ3) is 7.32. The van der Waals surface area contributed by atoms with Crippen LogP contribution < -0.4 is 5.32 Å². The van der Waals surface area contributed by atoms with E-state index in [2.05, 4.69) is 25.8 Å². The van der Waals surface area contributed by atoms with Crippen LogP contribution in [0, 0.1) is 11.3 Å². The lowest BCUT2D eigenvalue weighted by Crippen LogP contribution is -2.35. The third-order valence-corrected chi connectivity index (χ3v) is 6.55. The first kappa shape index (κ1) is 25.7. The van der Waals surface area contributed by atoms with Crippen molar-refractivity contribution in [3.05, 3.63) is 118 Å². The van der Waals surface area contributed by atoms with Gasteiger partial charge in [-0.2, -0.15) is 5.26 Å². The second kappa shape index (κ2) is 12.5. The molecule has 0 aliphatic heterocycles. The van der Waals surface area contributed by atoms with Crippen molar-refractivity contribution in [2.24, 2.45) is 0 Å². The molecule has 0 saturated carbocycles. The molecule has 0 saturated heterocycles. The van der Waals surface area contributed by atoms with E-state index < -0.39 is 0 Å². The summed E-state index contributed by atoms with van der Waals surface area (Å²) in [5.74, 6) is 0. The van der Waals surface area contributed by atoms with Gasteiger partial charge in [-0.1, -0.05) is 53.5 Å². The van der Waals surface area contributed by atoms with E-state index in [0.29, 0.717) is 33.8 Å². The summed E-state index contributed by atoms with van der Waals surface area (Å²) in [6, 6.07) is 25.2. The van der Waals surface area contributed by atoms with Crippen molar-refractivity contribution < 1.29 is 0 Å². The Labute approximate surface area is 226 Å². The standard InChI is InChI=1S/C28H25Cl2N5S/c29-24-5-1-4-23(14-24)19-34(28(36)33-26-7-2-6-25(30)15-26)13-3-8-27-17-32-20-35(27)18-22-11-9-21(16-31)10-12-22/h1-2,4-7,9-12,14-15,17,20H,3,8,13,18-19H2,(H,33,36). The topological polar surface area (TPSA) is 56.9 Å². The Morgan fingerprint density at radius 1 is 1.00 bits per heavy atom. The van der Waals surface area contributed by atoms with Gasteiger partial charge >= 0.3 is 0 Å². The van der Waals surface area contributed by atoms with Gasteiger partial charge in [-0.05, 0) is 78.7 Å². The van der Waals surface area contributed by atoms with Crippen molar-refractivity contribution in [2.45, 2.75) is 25.9 Å². The van der Waals surface area contributed by atoms with Crippen LogP contribution in [0.15, 0.2) is 85.3 Å². The SMILES string of the molecule is N#Cc1ccc(Cn2cncc2CCCN(Cc2cccc(Cl)c2)C(=S)Nc2cccc(Cl)c2)cc1. The molecule has 182 valence electrons. The van der Waals surface area contributed by atoms with Crippen LogP contribution in [0.1, 0.15) is 28.8 Å². The molecule has 4 rings (SSSR count). The van der Waals surface area contributed by atoms with Crippen molar-refractivity contribution in [1.29, 1.82) is 5.26 Å². The molecule has 0 fully saturated rings. The minimum absolute atomic E-state index is 0.628. The molecule has 5 nitrogen and oxygen atoms in total. The summed E-state index contributed by atoms with van der Waals surface area (Å²) < 4.78 is 2.14. The molecule has 3 aromatic carbocycles. The number of halogens is 2. The maximum atomic E-state index is 9.02. The summed E-state index contributed by atoms with van der Waals surface area (Å²) in [5, 5.41) is 14.3. The fourth-order valence-electron chi connectivity index (χ4n) is 3.91. The molecular formula is C28H25Cl2N5S. The van der Waals surface area contributed by atoms with Gasteiger partial charge in [0.05, 0.1) is 18.0 Å². The molecule has 0 unspecified atom stereocenters. The monoisotopic (exact) mass is 533 g/mol. The molecule has 1 N–H and O–H groups in total. The van der Waals surface area contributed by atoms with Gasteiger partial charge in [0.1, 0.15) is 0 Å². The minimum atomic E-state index is 0.628. The van der Waals surface area contributed by atoms with Gasteiger partial charge in [-0.15, -0.1) is 0 Å². The number of benzene rings is 3. The number of aromatic nitrogens is 2. The van der Waals surface area contributed by atoms with Gasteiger partial charge in [0, 0.05) is 47.3 Å². The van der Waals surface area contributed by atoms with Crippen LogP contribution >= 0.6 is 35.4 Å². The number of nitriles is 1. The highest BCUT2D eigenvalue weighted by molar-refractivity contribution is 7.80. The second-order valence-electron chi connectivity index (χ2n) is 8.42. The van der Waals surface area contributed by atoms with E-state index in [1.807, 2.05) is 85.3 Å². The van der Waals surface area contributed by atoms with Gasteiger partial charge in [-0.3, -0.25) is 0 Å². The molecule has 0 spiro atoms. The zero-order valence-electron chi connectivity index (χ0n) is 19.6. The number of hydrogen-bond donors (Lipinski definition) is 1. The van der Waals surface area contributed by atoms with E-state index in [-0.39, 0.29) is 0 Å². The number of nitrogens with zero attached hydrogens (tertiary/aromatic N) is 4. The van der Waals surface area contributed by atoms with Crippen LogP contribution in [-0.2, 0) is 19.5 Å². The Balaban J connectivity index is 1.42. The van der Waals surface area contributed by atoms with Crippen molar-refractivity contribution in [3.63, 3.8) is 0 Å². The normalized spacial score (nSPS) is 10.6. The molecule has 0 aliphatic rings. The predicted octanol–water partition coefficient (Wildman–Crippen LogP) is 6.94. The average Bonchev–Trinajstić information content (AvgIpc) is 3.30. The van der Waals surface area contributed by atoms with Crippen molar-refractivity contribution >= 4 is 46.2 Å². The molecule has 0 atom stereocenters. The fraction of sp³-hybridized carbons (Fsp3) is 0.179. The molecule has 0 bridgehead atoms. The zero-order valence-corrected chi connectivity index (χ0v) is 21.9. The lowest BCUT2D eigenvalue weighted by Gasteiger charge is -2.26. The van der Waals surface area contributed by atoms with Crippen LogP contribution in [0.3, 0.4) is 0 Å². The van der Waals surface area contributed by atoms with E-state index >= 15 is 0 Å². The highest BCUT2D eigenvalue weighted by Crippen LogP contribution is 2.18. The average molecular weight is 535 g/mol. The van der Waals surface area contributed by atoms with Gasteiger partial charge in [-0.25, -0.2) is 4.98 Å². The van der Waals surface area contributed by atoms with Gasteiger partial charge < -0.3 is 14.8 Å². The van der Waals surface area contributed by atoms with Crippen LogP contribution in [0.2, 0.25) is 10.0 Å². The van der Waals surface area contributed by atoms with E-state index in [0.717, 1.165) is 41.9 Å². The minimum Gasteiger partial charge on any atom is -0.345 e. The largest absolute Gasteiger partial charge is 0.345 e. The first-order valence-electron chi connectivity index (χ1n) is 11.5. The number of aryl methyl sites for hydroxylation is 1. The number of hydrogen-bond acceptors (Lipinski definition) is 3. The van der Waals surface area contributed by atoms with E-state index in [1.165, 1.54) is 0 Å². The Kier molecular flexibility index (Phi) is 8.96. The molecule has 4 aromatic rings. The fourth-order valence-corrected chi connectivity index (χ4v) is 4.58. The quantitative estimate of drug-likeness (QED) is 0.236.